The SMILES string of the molecule is CC/C=C\C/C=C\C/C=C\CCCCCCCC(=O)OCC(COC(=O)CCCCCCC)OC(=O)CCCCCCC. The molecule has 0 bridgehead atoms. The van der Waals surface area contributed by atoms with E-state index in [-0.39, 0.29) is 31.1 Å². The molecule has 248 valence electrons. The second-order valence-corrected chi connectivity index (χ2v) is 11.4. The first-order chi connectivity index (χ1) is 21.0. The highest BCUT2D eigenvalue weighted by Gasteiger charge is 2.19. The van der Waals surface area contributed by atoms with Gasteiger partial charge in [0.05, 0.1) is 0 Å². The second kappa shape index (κ2) is 32.5. The van der Waals surface area contributed by atoms with Crippen molar-refractivity contribution in [1.82, 2.24) is 0 Å². The molecule has 1 unspecified atom stereocenters. The van der Waals surface area contributed by atoms with E-state index in [2.05, 4.69) is 57.2 Å². The Labute approximate surface area is 264 Å². The predicted octanol–water partition coefficient (Wildman–Crippen LogP) is 10.3. The van der Waals surface area contributed by atoms with E-state index >= 15 is 0 Å². The van der Waals surface area contributed by atoms with E-state index < -0.39 is 6.10 Å². The topological polar surface area (TPSA) is 78.9 Å². The Bertz CT molecular complexity index is 754. The summed E-state index contributed by atoms with van der Waals surface area (Å²) in [6.45, 7) is 6.29. The molecule has 0 saturated carbocycles. The molecule has 0 saturated heterocycles. The summed E-state index contributed by atoms with van der Waals surface area (Å²) in [5.41, 5.74) is 0. The molecule has 0 spiro atoms. The van der Waals surface area contributed by atoms with Crippen LogP contribution in [0.3, 0.4) is 0 Å². The Morgan fingerprint density at radius 1 is 0.488 bits per heavy atom. The van der Waals surface area contributed by atoms with Crippen LogP contribution in [0.5, 0.6) is 0 Å². The van der Waals surface area contributed by atoms with Crippen LogP contribution in [0, 0.1) is 0 Å². The zero-order chi connectivity index (χ0) is 31.6. The summed E-state index contributed by atoms with van der Waals surface area (Å²) in [7, 11) is 0. The molecule has 6 heteroatoms. The summed E-state index contributed by atoms with van der Waals surface area (Å²) in [5, 5.41) is 0. The maximum absolute atomic E-state index is 12.4. The van der Waals surface area contributed by atoms with Crippen molar-refractivity contribution < 1.29 is 28.6 Å². The van der Waals surface area contributed by atoms with Crippen molar-refractivity contribution in [3.05, 3.63) is 36.5 Å². The molecular formula is C37H64O6. The van der Waals surface area contributed by atoms with E-state index in [1.54, 1.807) is 0 Å². The third-order valence-electron chi connectivity index (χ3n) is 7.16. The minimum atomic E-state index is -0.766. The number of hydrogen-bond acceptors (Lipinski definition) is 6. The van der Waals surface area contributed by atoms with Crippen LogP contribution in [0.15, 0.2) is 36.5 Å². The van der Waals surface area contributed by atoms with E-state index in [0.29, 0.717) is 19.3 Å². The van der Waals surface area contributed by atoms with Crippen LogP contribution in [-0.4, -0.2) is 37.2 Å². The Morgan fingerprint density at radius 3 is 1.42 bits per heavy atom. The van der Waals surface area contributed by atoms with E-state index in [0.717, 1.165) is 116 Å². The lowest BCUT2D eigenvalue weighted by atomic mass is 10.1. The molecule has 0 aromatic rings. The zero-order valence-electron chi connectivity index (χ0n) is 28.0. The van der Waals surface area contributed by atoms with Gasteiger partial charge >= 0.3 is 17.9 Å². The number of esters is 3. The molecular weight excluding hydrogens is 540 g/mol. The Balaban J connectivity index is 4.22. The Morgan fingerprint density at radius 2 is 0.907 bits per heavy atom. The smallest absolute Gasteiger partial charge is 0.306 e. The van der Waals surface area contributed by atoms with Crippen LogP contribution < -0.4 is 0 Å². The summed E-state index contributed by atoms with van der Waals surface area (Å²) >= 11 is 0. The van der Waals surface area contributed by atoms with Gasteiger partial charge in [0.25, 0.3) is 0 Å². The van der Waals surface area contributed by atoms with Crippen molar-refractivity contribution in [1.29, 1.82) is 0 Å². The monoisotopic (exact) mass is 604 g/mol. The lowest BCUT2D eigenvalue weighted by molar-refractivity contribution is -0.167. The first-order valence-corrected chi connectivity index (χ1v) is 17.5. The predicted molar refractivity (Wildman–Crippen MR) is 178 cm³/mol. The Kier molecular flexibility index (Phi) is 30.7. The third-order valence-corrected chi connectivity index (χ3v) is 7.16. The lowest BCUT2D eigenvalue weighted by Gasteiger charge is -2.18. The van der Waals surface area contributed by atoms with Gasteiger partial charge < -0.3 is 14.2 Å². The van der Waals surface area contributed by atoms with Gasteiger partial charge in [-0.05, 0) is 51.4 Å². The molecule has 0 aromatic carbocycles. The largest absolute Gasteiger partial charge is 0.462 e. The molecule has 0 N–H and O–H groups in total. The van der Waals surface area contributed by atoms with Gasteiger partial charge in [-0.15, -0.1) is 0 Å². The molecule has 6 nitrogen and oxygen atoms in total. The van der Waals surface area contributed by atoms with Gasteiger partial charge in [0, 0.05) is 19.3 Å². The number of allylic oxidation sites excluding steroid dienone is 6. The second-order valence-electron chi connectivity index (χ2n) is 11.4. The molecule has 0 heterocycles. The average molecular weight is 605 g/mol. The molecule has 0 aliphatic heterocycles. The fraction of sp³-hybridized carbons (Fsp3) is 0.757. The van der Waals surface area contributed by atoms with Gasteiger partial charge in [0.15, 0.2) is 6.10 Å². The summed E-state index contributed by atoms with van der Waals surface area (Å²) in [4.78, 5) is 36.8. The van der Waals surface area contributed by atoms with Gasteiger partial charge in [-0.25, -0.2) is 0 Å². The molecule has 43 heavy (non-hydrogen) atoms. The first-order valence-electron chi connectivity index (χ1n) is 17.5. The molecule has 0 aliphatic carbocycles. The summed E-state index contributed by atoms with van der Waals surface area (Å²) in [6, 6.07) is 0. The summed E-state index contributed by atoms with van der Waals surface area (Å²) in [5.74, 6) is -0.936. The standard InChI is InChI=1S/C37H64O6/c1-4-7-10-13-14-15-16-17-18-19-20-21-22-25-27-30-36(39)42-33-34(43-37(40)31-28-24-12-9-6-3)32-41-35(38)29-26-23-11-8-5-2/h7,10,14-15,17-18,34H,4-6,8-9,11-13,16,19-33H2,1-3H3/b10-7-,15-14-,18-17-. The summed E-state index contributed by atoms with van der Waals surface area (Å²) < 4.78 is 16.3. The van der Waals surface area contributed by atoms with E-state index in [1.165, 1.54) is 6.42 Å². The molecule has 0 aliphatic rings. The molecule has 0 amide bonds. The van der Waals surface area contributed by atoms with E-state index in [1.807, 2.05) is 0 Å². The number of hydrogen-bond donors (Lipinski definition) is 0. The fourth-order valence-corrected chi connectivity index (χ4v) is 4.51. The quantitative estimate of drug-likeness (QED) is 0.0351. The van der Waals surface area contributed by atoms with Crippen molar-refractivity contribution in [3.8, 4) is 0 Å². The van der Waals surface area contributed by atoms with Gasteiger partial charge in [-0.3, -0.25) is 14.4 Å². The van der Waals surface area contributed by atoms with E-state index in [9.17, 15) is 14.4 Å². The van der Waals surface area contributed by atoms with Crippen molar-refractivity contribution in [2.75, 3.05) is 13.2 Å². The van der Waals surface area contributed by atoms with Crippen molar-refractivity contribution in [3.63, 3.8) is 0 Å². The average Bonchev–Trinajstić information content (AvgIpc) is 3.00. The van der Waals surface area contributed by atoms with Crippen molar-refractivity contribution in [2.24, 2.45) is 0 Å². The normalized spacial score (nSPS) is 12.3. The maximum Gasteiger partial charge on any atom is 0.306 e. The summed E-state index contributed by atoms with van der Waals surface area (Å²) in [6.07, 6.45) is 33.3. The number of carbonyl (C=O) groups excluding carboxylic acids is 3. The number of carbonyl (C=O) groups is 3. The maximum atomic E-state index is 12.4. The van der Waals surface area contributed by atoms with Gasteiger partial charge in [0.1, 0.15) is 13.2 Å². The highest BCUT2D eigenvalue weighted by molar-refractivity contribution is 5.71. The number of rotatable bonds is 30. The molecule has 1 atom stereocenters. The minimum absolute atomic E-state index is 0.0797. The fourth-order valence-electron chi connectivity index (χ4n) is 4.51. The number of unbranched alkanes of at least 4 members (excludes halogenated alkanes) is 13. The third kappa shape index (κ3) is 30.9. The highest BCUT2D eigenvalue weighted by Crippen LogP contribution is 2.11. The van der Waals surface area contributed by atoms with Gasteiger partial charge in [0.2, 0.25) is 0 Å². The van der Waals surface area contributed by atoms with Gasteiger partial charge in [-0.1, -0.05) is 128 Å². The number of ether oxygens (including phenoxy) is 3. The van der Waals surface area contributed by atoms with Crippen LogP contribution in [0.25, 0.3) is 0 Å². The van der Waals surface area contributed by atoms with Crippen molar-refractivity contribution >= 4 is 17.9 Å². The molecule has 0 radical (unpaired) electrons. The zero-order valence-corrected chi connectivity index (χ0v) is 28.0. The van der Waals surface area contributed by atoms with Crippen LogP contribution in [-0.2, 0) is 28.6 Å². The molecule has 0 rings (SSSR count). The molecule has 0 aromatic heterocycles. The highest BCUT2D eigenvalue weighted by atomic mass is 16.6. The molecule has 0 fully saturated rings. The van der Waals surface area contributed by atoms with Crippen molar-refractivity contribution in [2.45, 2.75) is 168 Å². The van der Waals surface area contributed by atoms with Crippen LogP contribution in [0.4, 0.5) is 0 Å². The van der Waals surface area contributed by atoms with E-state index in [4.69, 9.17) is 14.2 Å². The van der Waals surface area contributed by atoms with Gasteiger partial charge in [-0.2, -0.15) is 0 Å². The first kappa shape index (κ1) is 40.6. The van der Waals surface area contributed by atoms with Crippen LogP contribution in [0.2, 0.25) is 0 Å². The van der Waals surface area contributed by atoms with Crippen LogP contribution >= 0.6 is 0 Å². The van der Waals surface area contributed by atoms with Crippen LogP contribution in [0.1, 0.15) is 162 Å². The Hall–Kier alpha value is -2.37. The lowest BCUT2D eigenvalue weighted by Crippen LogP contribution is -2.30. The minimum Gasteiger partial charge on any atom is -0.462 e.